The predicted octanol–water partition coefficient (Wildman–Crippen LogP) is 3.54. The lowest BCUT2D eigenvalue weighted by Gasteiger charge is -2.26. The number of amides is 1. The number of carbonyl (C=O) groups is 1. The lowest BCUT2D eigenvalue weighted by Crippen LogP contribution is -2.37. The lowest BCUT2D eigenvalue weighted by molar-refractivity contribution is 0.0923. The van der Waals surface area contributed by atoms with Crippen LogP contribution >= 0.6 is 0 Å². The van der Waals surface area contributed by atoms with E-state index in [4.69, 9.17) is 0 Å². The number of para-hydroxylation sites is 1. The average molecular weight is 268 g/mol. The Balaban J connectivity index is 1.72. The first-order valence-corrected chi connectivity index (χ1v) is 7.38. The van der Waals surface area contributed by atoms with Crippen molar-refractivity contribution in [1.82, 2.24) is 10.3 Å². The predicted molar refractivity (Wildman–Crippen MR) is 80.6 cm³/mol. The fourth-order valence-electron chi connectivity index (χ4n) is 2.87. The summed E-state index contributed by atoms with van der Waals surface area (Å²) in [5, 5.41) is 4.15. The molecule has 1 aliphatic carbocycles. The van der Waals surface area contributed by atoms with Crippen LogP contribution < -0.4 is 5.32 Å². The number of hydrogen-bond acceptors (Lipinski definition) is 2. The van der Waals surface area contributed by atoms with Crippen molar-refractivity contribution in [2.75, 3.05) is 0 Å². The van der Waals surface area contributed by atoms with Crippen molar-refractivity contribution in [2.45, 2.75) is 38.6 Å². The summed E-state index contributed by atoms with van der Waals surface area (Å²) in [6.45, 7) is 2.28. The number of nitrogens with zero attached hydrogens (tertiary/aromatic N) is 1. The van der Waals surface area contributed by atoms with E-state index < -0.39 is 0 Å². The standard InChI is InChI=1S/C17H20N2O/c1-12-6-8-15(9-7-12)19-17(20)14-10-13-4-2-3-5-16(13)18-11-14/h2-5,10-12,15H,6-9H2,1H3,(H,19,20). The molecular weight excluding hydrogens is 248 g/mol. The molecule has 0 bridgehead atoms. The largest absolute Gasteiger partial charge is 0.349 e. The number of pyridine rings is 1. The van der Waals surface area contributed by atoms with Gasteiger partial charge in [0.2, 0.25) is 0 Å². The molecule has 0 aliphatic heterocycles. The highest BCUT2D eigenvalue weighted by atomic mass is 16.1. The highest BCUT2D eigenvalue weighted by molar-refractivity contribution is 5.97. The molecule has 1 aromatic carbocycles. The average Bonchev–Trinajstić information content (AvgIpc) is 2.49. The fraction of sp³-hybridized carbons (Fsp3) is 0.412. The number of benzene rings is 1. The molecular formula is C17H20N2O. The van der Waals surface area contributed by atoms with Gasteiger partial charge in [-0.2, -0.15) is 0 Å². The molecule has 1 saturated carbocycles. The highest BCUT2D eigenvalue weighted by Gasteiger charge is 2.20. The molecule has 1 aromatic heterocycles. The van der Waals surface area contributed by atoms with Crippen LogP contribution in [0.1, 0.15) is 43.0 Å². The zero-order valence-corrected chi connectivity index (χ0v) is 11.8. The Labute approximate surface area is 119 Å². The Kier molecular flexibility index (Phi) is 3.68. The summed E-state index contributed by atoms with van der Waals surface area (Å²) in [5.74, 6) is 0.799. The molecule has 1 amide bonds. The first kappa shape index (κ1) is 13.1. The SMILES string of the molecule is CC1CCC(NC(=O)c2cnc3ccccc3c2)CC1. The van der Waals surface area contributed by atoms with Gasteiger partial charge in [-0.05, 0) is 43.7 Å². The Morgan fingerprint density at radius 2 is 1.95 bits per heavy atom. The molecule has 20 heavy (non-hydrogen) atoms. The second kappa shape index (κ2) is 5.61. The topological polar surface area (TPSA) is 42.0 Å². The quantitative estimate of drug-likeness (QED) is 0.905. The zero-order valence-electron chi connectivity index (χ0n) is 11.8. The zero-order chi connectivity index (χ0) is 13.9. The normalized spacial score (nSPS) is 22.6. The van der Waals surface area contributed by atoms with E-state index in [9.17, 15) is 4.79 Å². The van der Waals surface area contributed by atoms with Gasteiger partial charge in [0.05, 0.1) is 11.1 Å². The molecule has 1 N–H and O–H groups in total. The Morgan fingerprint density at radius 1 is 1.20 bits per heavy atom. The van der Waals surface area contributed by atoms with Crippen LogP contribution in [0.5, 0.6) is 0 Å². The van der Waals surface area contributed by atoms with Crippen LogP contribution in [0.25, 0.3) is 10.9 Å². The minimum Gasteiger partial charge on any atom is -0.349 e. The summed E-state index contributed by atoms with van der Waals surface area (Å²) < 4.78 is 0. The monoisotopic (exact) mass is 268 g/mol. The van der Waals surface area contributed by atoms with Gasteiger partial charge in [-0.3, -0.25) is 9.78 Å². The minimum atomic E-state index is 0.00260. The van der Waals surface area contributed by atoms with Gasteiger partial charge in [-0.25, -0.2) is 0 Å². The molecule has 3 rings (SSSR count). The van der Waals surface area contributed by atoms with E-state index in [1.165, 1.54) is 12.8 Å². The number of carbonyl (C=O) groups excluding carboxylic acids is 1. The summed E-state index contributed by atoms with van der Waals surface area (Å²) in [5.41, 5.74) is 1.58. The van der Waals surface area contributed by atoms with Gasteiger partial charge in [0.1, 0.15) is 0 Å². The van der Waals surface area contributed by atoms with Crippen LogP contribution in [-0.2, 0) is 0 Å². The van der Waals surface area contributed by atoms with Crippen LogP contribution in [0.3, 0.4) is 0 Å². The second-order valence-electron chi connectivity index (χ2n) is 5.85. The third-order valence-electron chi connectivity index (χ3n) is 4.20. The van der Waals surface area contributed by atoms with E-state index in [0.717, 1.165) is 29.7 Å². The minimum absolute atomic E-state index is 0.00260. The fourth-order valence-corrected chi connectivity index (χ4v) is 2.87. The van der Waals surface area contributed by atoms with Crippen LogP contribution in [0.4, 0.5) is 0 Å². The van der Waals surface area contributed by atoms with E-state index in [0.29, 0.717) is 11.6 Å². The molecule has 3 nitrogen and oxygen atoms in total. The van der Waals surface area contributed by atoms with Crippen molar-refractivity contribution in [2.24, 2.45) is 5.92 Å². The molecule has 0 saturated heterocycles. The van der Waals surface area contributed by atoms with Gasteiger partial charge in [-0.15, -0.1) is 0 Å². The van der Waals surface area contributed by atoms with Gasteiger partial charge in [-0.1, -0.05) is 25.1 Å². The first-order valence-electron chi connectivity index (χ1n) is 7.38. The van der Waals surface area contributed by atoms with Crippen molar-refractivity contribution in [1.29, 1.82) is 0 Å². The lowest BCUT2D eigenvalue weighted by atomic mass is 9.87. The molecule has 0 radical (unpaired) electrons. The van der Waals surface area contributed by atoms with Crippen molar-refractivity contribution in [3.05, 3.63) is 42.1 Å². The summed E-state index contributed by atoms with van der Waals surface area (Å²) in [7, 11) is 0. The number of hydrogen-bond donors (Lipinski definition) is 1. The van der Waals surface area contributed by atoms with Crippen molar-refractivity contribution in [3.63, 3.8) is 0 Å². The number of fused-ring (bicyclic) bond motifs is 1. The number of aromatic nitrogens is 1. The van der Waals surface area contributed by atoms with Crippen molar-refractivity contribution >= 4 is 16.8 Å². The van der Waals surface area contributed by atoms with E-state index >= 15 is 0 Å². The maximum absolute atomic E-state index is 12.3. The molecule has 3 heteroatoms. The summed E-state index contributed by atoms with van der Waals surface area (Å²) in [6.07, 6.45) is 6.27. The van der Waals surface area contributed by atoms with Crippen molar-refractivity contribution in [3.8, 4) is 0 Å². The number of rotatable bonds is 2. The van der Waals surface area contributed by atoms with Crippen LogP contribution in [-0.4, -0.2) is 16.9 Å². The molecule has 1 heterocycles. The third-order valence-corrected chi connectivity index (χ3v) is 4.20. The summed E-state index contributed by atoms with van der Waals surface area (Å²) in [6, 6.07) is 10.1. The smallest absolute Gasteiger partial charge is 0.253 e. The first-order chi connectivity index (χ1) is 9.72. The van der Waals surface area contributed by atoms with E-state index in [1.54, 1.807) is 6.20 Å². The van der Waals surface area contributed by atoms with Crippen LogP contribution in [0.2, 0.25) is 0 Å². The molecule has 2 aromatic rings. The van der Waals surface area contributed by atoms with Crippen LogP contribution in [0.15, 0.2) is 36.5 Å². The Morgan fingerprint density at radius 3 is 2.75 bits per heavy atom. The van der Waals surface area contributed by atoms with Crippen LogP contribution in [0, 0.1) is 5.92 Å². The summed E-state index contributed by atoms with van der Waals surface area (Å²) in [4.78, 5) is 16.6. The molecule has 0 unspecified atom stereocenters. The van der Waals surface area contributed by atoms with Gasteiger partial charge in [0.25, 0.3) is 5.91 Å². The van der Waals surface area contributed by atoms with Gasteiger partial charge < -0.3 is 5.32 Å². The van der Waals surface area contributed by atoms with Crippen molar-refractivity contribution < 1.29 is 4.79 Å². The molecule has 0 spiro atoms. The second-order valence-corrected chi connectivity index (χ2v) is 5.85. The van der Waals surface area contributed by atoms with E-state index in [2.05, 4.69) is 17.2 Å². The number of nitrogens with one attached hydrogen (secondary N) is 1. The van der Waals surface area contributed by atoms with Gasteiger partial charge in [0.15, 0.2) is 0 Å². The molecule has 0 atom stereocenters. The molecule has 1 aliphatic rings. The van der Waals surface area contributed by atoms with Gasteiger partial charge >= 0.3 is 0 Å². The van der Waals surface area contributed by atoms with E-state index in [-0.39, 0.29) is 5.91 Å². The Bertz CT molecular complexity index is 615. The maximum atomic E-state index is 12.3. The molecule has 104 valence electrons. The summed E-state index contributed by atoms with van der Waals surface area (Å²) >= 11 is 0. The highest BCUT2D eigenvalue weighted by Crippen LogP contribution is 2.23. The van der Waals surface area contributed by atoms with E-state index in [1.807, 2.05) is 30.3 Å². The van der Waals surface area contributed by atoms with Gasteiger partial charge in [0, 0.05) is 17.6 Å². The Hall–Kier alpha value is -1.90. The third kappa shape index (κ3) is 2.82. The maximum Gasteiger partial charge on any atom is 0.253 e. The molecule has 1 fully saturated rings.